The fourth-order valence-electron chi connectivity index (χ4n) is 1.36. The summed E-state index contributed by atoms with van der Waals surface area (Å²) >= 11 is 0. The van der Waals surface area contributed by atoms with Gasteiger partial charge in [0.2, 0.25) is 0 Å². The zero-order valence-electron chi connectivity index (χ0n) is 10.5. The van der Waals surface area contributed by atoms with Crippen LogP contribution < -0.4 is 16.0 Å². The minimum atomic E-state index is 0.608. The lowest BCUT2D eigenvalue weighted by Crippen LogP contribution is -2.16. The lowest BCUT2D eigenvalue weighted by atomic mass is 10.1. The van der Waals surface area contributed by atoms with Gasteiger partial charge in [0, 0.05) is 20.6 Å². The molecule has 0 saturated heterocycles. The topological polar surface area (TPSA) is 67.1 Å². The highest BCUT2D eigenvalue weighted by Gasteiger charge is 2.08. The van der Waals surface area contributed by atoms with Gasteiger partial charge in [0.25, 0.3) is 0 Å². The lowest BCUT2D eigenvalue weighted by molar-refractivity contribution is 0.606. The zero-order valence-corrected chi connectivity index (χ0v) is 10.5. The molecule has 3 N–H and O–H groups in total. The molecule has 1 rings (SSSR count). The third-order valence-electron chi connectivity index (χ3n) is 2.30. The first kappa shape index (κ1) is 12.5. The Kier molecular flexibility index (Phi) is 4.34. The van der Waals surface area contributed by atoms with Crippen LogP contribution in [-0.2, 0) is 0 Å². The number of anilines is 3. The van der Waals surface area contributed by atoms with E-state index in [1.54, 1.807) is 0 Å². The summed E-state index contributed by atoms with van der Waals surface area (Å²) in [6.07, 6.45) is 2.63. The van der Waals surface area contributed by atoms with Gasteiger partial charge in [-0.2, -0.15) is 0 Å². The van der Waals surface area contributed by atoms with Gasteiger partial charge in [0.1, 0.15) is 12.0 Å². The van der Waals surface area contributed by atoms with Crippen LogP contribution in [0.25, 0.3) is 0 Å². The molecule has 0 amide bonds. The molecule has 0 aromatic carbocycles. The number of aromatic nitrogens is 2. The Hall–Kier alpha value is -1.52. The summed E-state index contributed by atoms with van der Waals surface area (Å²) in [6.45, 7) is 5.26. The summed E-state index contributed by atoms with van der Waals surface area (Å²) in [5.41, 5.74) is 6.58. The van der Waals surface area contributed by atoms with E-state index in [4.69, 9.17) is 5.73 Å². The van der Waals surface area contributed by atoms with E-state index in [2.05, 4.69) is 29.1 Å². The number of nitrogen functional groups attached to an aromatic ring is 1. The average molecular weight is 223 g/mol. The first-order valence-electron chi connectivity index (χ1n) is 5.54. The van der Waals surface area contributed by atoms with Crippen LogP contribution in [0.15, 0.2) is 6.33 Å². The van der Waals surface area contributed by atoms with Crippen molar-refractivity contribution in [1.29, 1.82) is 0 Å². The Morgan fingerprint density at radius 2 is 2.06 bits per heavy atom. The Balaban J connectivity index is 2.70. The highest BCUT2D eigenvalue weighted by Crippen LogP contribution is 2.24. The first-order valence-corrected chi connectivity index (χ1v) is 5.54. The molecule has 0 aliphatic carbocycles. The molecule has 1 aromatic rings. The molecule has 1 heterocycles. The van der Waals surface area contributed by atoms with E-state index in [1.165, 1.54) is 6.33 Å². The molecule has 0 saturated carbocycles. The second kappa shape index (κ2) is 5.53. The molecular weight excluding hydrogens is 202 g/mol. The molecule has 0 unspecified atom stereocenters. The number of hydrogen-bond donors (Lipinski definition) is 2. The third kappa shape index (κ3) is 3.25. The Morgan fingerprint density at radius 1 is 1.38 bits per heavy atom. The summed E-state index contributed by atoms with van der Waals surface area (Å²) in [4.78, 5) is 10.2. The van der Waals surface area contributed by atoms with Gasteiger partial charge in [-0.05, 0) is 12.3 Å². The van der Waals surface area contributed by atoms with Crippen molar-refractivity contribution in [1.82, 2.24) is 9.97 Å². The second-order valence-corrected chi connectivity index (χ2v) is 4.46. The van der Waals surface area contributed by atoms with E-state index >= 15 is 0 Å². The normalized spacial score (nSPS) is 10.6. The first-order chi connectivity index (χ1) is 7.52. The smallest absolute Gasteiger partial charge is 0.156 e. The van der Waals surface area contributed by atoms with Gasteiger partial charge in [0.05, 0.1) is 0 Å². The quantitative estimate of drug-likeness (QED) is 0.793. The molecule has 1 aromatic heterocycles. The Labute approximate surface area is 97.1 Å². The minimum absolute atomic E-state index is 0.608. The van der Waals surface area contributed by atoms with Crippen LogP contribution in [-0.4, -0.2) is 30.6 Å². The number of rotatable bonds is 5. The largest absolute Gasteiger partial charge is 0.393 e. The molecular formula is C11H21N5. The van der Waals surface area contributed by atoms with Crippen LogP contribution in [0.4, 0.5) is 17.3 Å². The molecule has 16 heavy (non-hydrogen) atoms. The van der Waals surface area contributed by atoms with Gasteiger partial charge in [-0.15, -0.1) is 0 Å². The molecule has 0 aliphatic rings. The second-order valence-electron chi connectivity index (χ2n) is 4.46. The highest BCUT2D eigenvalue weighted by atomic mass is 15.2. The summed E-state index contributed by atoms with van der Waals surface area (Å²) in [5.74, 6) is 2.14. The monoisotopic (exact) mass is 223 g/mol. The van der Waals surface area contributed by atoms with Crippen molar-refractivity contribution in [3.05, 3.63) is 6.33 Å². The van der Waals surface area contributed by atoms with E-state index in [1.807, 2.05) is 19.0 Å². The fourth-order valence-corrected chi connectivity index (χ4v) is 1.36. The highest BCUT2D eigenvalue weighted by molar-refractivity contribution is 5.74. The third-order valence-corrected chi connectivity index (χ3v) is 2.30. The van der Waals surface area contributed by atoms with Crippen LogP contribution >= 0.6 is 0 Å². The van der Waals surface area contributed by atoms with Crippen LogP contribution in [0.5, 0.6) is 0 Å². The molecule has 0 bridgehead atoms. The Bertz CT molecular complexity index is 335. The SMILES string of the molecule is CC(C)CCNc1ncnc(N(C)C)c1N. The maximum atomic E-state index is 5.97. The van der Waals surface area contributed by atoms with E-state index in [0.717, 1.165) is 24.6 Å². The number of nitrogens with one attached hydrogen (secondary N) is 1. The summed E-state index contributed by atoms with van der Waals surface area (Å²) in [5, 5.41) is 3.24. The zero-order chi connectivity index (χ0) is 12.1. The van der Waals surface area contributed by atoms with Crippen molar-refractivity contribution in [3.8, 4) is 0 Å². The van der Waals surface area contributed by atoms with Crippen LogP contribution in [0.3, 0.4) is 0 Å². The van der Waals surface area contributed by atoms with Crippen molar-refractivity contribution < 1.29 is 0 Å². The molecule has 0 radical (unpaired) electrons. The number of nitrogens with zero attached hydrogens (tertiary/aromatic N) is 3. The maximum absolute atomic E-state index is 5.97. The summed E-state index contributed by atoms with van der Waals surface area (Å²) in [7, 11) is 3.83. The fraction of sp³-hybridized carbons (Fsp3) is 0.636. The van der Waals surface area contributed by atoms with E-state index in [9.17, 15) is 0 Å². The number of nitrogens with two attached hydrogens (primary N) is 1. The van der Waals surface area contributed by atoms with Crippen LogP contribution in [0.2, 0.25) is 0 Å². The average Bonchev–Trinajstić information content (AvgIpc) is 2.19. The molecule has 0 atom stereocenters. The molecule has 0 aliphatic heterocycles. The van der Waals surface area contributed by atoms with Crippen molar-refractivity contribution in [2.24, 2.45) is 5.92 Å². The van der Waals surface area contributed by atoms with Crippen LogP contribution in [0.1, 0.15) is 20.3 Å². The summed E-state index contributed by atoms with van der Waals surface area (Å²) < 4.78 is 0. The molecule has 0 fully saturated rings. The van der Waals surface area contributed by atoms with Gasteiger partial charge in [-0.3, -0.25) is 0 Å². The standard InChI is InChI=1S/C11H21N5/c1-8(2)5-6-13-10-9(12)11(16(3)4)15-7-14-10/h7-8H,5-6,12H2,1-4H3,(H,13,14,15). The van der Waals surface area contributed by atoms with Gasteiger partial charge < -0.3 is 16.0 Å². The summed E-state index contributed by atoms with van der Waals surface area (Å²) in [6, 6.07) is 0. The number of hydrogen-bond acceptors (Lipinski definition) is 5. The van der Waals surface area contributed by atoms with Gasteiger partial charge in [0.15, 0.2) is 11.6 Å². The van der Waals surface area contributed by atoms with E-state index in [-0.39, 0.29) is 0 Å². The van der Waals surface area contributed by atoms with E-state index in [0.29, 0.717) is 11.6 Å². The van der Waals surface area contributed by atoms with Gasteiger partial charge in [-0.1, -0.05) is 13.8 Å². The van der Waals surface area contributed by atoms with Crippen molar-refractivity contribution in [2.45, 2.75) is 20.3 Å². The van der Waals surface area contributed by atoms with Crippen molar-refractivity contribution >= 4 is 17.3 Å². The minimum Gasteiger partial charge on any atom is -0.393 e. The molecule has 90 valence electrons. The Morgan fingerprint density at radius 3 is 2.62 bits per heavy atom. The molecule has 5 heteroatoms. The van der Waals surface area contributed by atoms with Gasteiger partial charge >= 0.3 is 0 Å². The van der Waals surface area contributed by atoms with Crippen LogP contribution in [0, 0.1) is 5.92 Å². The molecule has 0 spiro atoms. The van der Waals surface area contributed by atoms with E-state index < -0.39 is 0 Å². The maximum Gasteiger partial charge on any atom is 0.156 e. The van der Waals surface area contributed by atoms with Crippen molar-refractivity contribution in [3.63, 3.8) is 0 Å². The van der Waals surface area contributed by atoms with Gasteiger partial charge in [-0.25, -0.2) is 9.97 Å². The predicted molar refractivity (Wildman–Crippen MR) is 68.7 cm³/mol. The molecule has 5 nitrogen and oxygen atoms in total. The predicted octanol–water partition coefficient (Wildman–Crippen LogP) is 1.58. The van der Waals surface area contributed by atoms with Crippen molar-refractivity contribution in [2.75, 3.05) is 36.6 Å². The lowest BCUT2D eigenvalue weighted by Gasteiger charge is -2.16.